The van der Waals surface area contributed by atoms with E-state index in [-0.39, 0.29) is 5.91 Å². The maximum Gasteiger partial charge on any atom is 0.264 e. The first-order chi connectivity index (χ1) is 12.6. The van der Waals surface area contributed by atoms with Gasteiger partial charge in [0.25, 0.3) is 5.91 Å². The minimum Gasteiger partial charge on any atom is -0.300 e. The van der Waals surface area contributed by atoms with Crippen molar-refractivity contribution in [2.24, 2.45) is 4.99 Å². The van der Waals surface area contributed by atoms with E-state index in [2.05, 4.69) is 10.3 Å². The fourth-order valence-corrected chi connectivity index (χ4v) is 3.85. The number of carbonyl (C=O) groups is 1. The Bertz CT molecular complexity index is 1090. The molecule has 1 fully saturated rings. The summed E-state index contributed by atoms with van der Waals surface area (Å²) in [5, 5.41) is 6.26. The number of hydrogen-bond acceptors (Lipinski definition) is 3. The molecule has 1 aliphatic rings. The predicted octanol–water partition coefficient (Wildman–Crippen LogP) is 6.04. The summed E-state index contributed by atoms with van der Waals surface area (Å²) < 4.78 is 0. The monoisotopic (exact) mass is 398 g/mol. The lowest BCUT2D eigenvalue weighted by molar-refractivity contribution is -0.115. The van der Waals surface area contributed by atoms with Crippen LogP contribution >= 0.6 is 35.0 Å². The Balaban J connectivity index is 1.69. The van der Waals surface area contributed by atoms with Gasteiger partial charge in [-0.3, -0.25) is 4.79 Å². The summed E-state index contributed by atoms with van der Waals surface area (Å²) in [7, 11) is 0. The summed E-state index contributed by atoms with van der Waals surface area (Å²) >= 11 is 13.5. The number of amidine groups is 1. The van der Waals surface area contributed by atoms with Crippen LogP contribution in [0.3, 0.4) is 0 Å². The number of nitrogens with zero attached hydrogens (tertiary/aromatic N) is 1. The second-order valence-electron chi connectivity index (χ2n) is 5.62. The maximum atomic E-state index is 12.3. The zero-order valence-corrected chi connectivity index (χ0v) is 15.7. The molecule has 0 aromatic heterocycles. The molecule has 128 valence electrons. The molecular formula is C20H12Cl2N2OS. The highest BCUT2D eigenvalue weighted by Gasteiger charge is 2.24. The van der Waals surface area contributed by atoms with Crippen LogP contribution < -0.4 is 5.32 Å². The van der Waals surface area contributed by atoms with Gasteiger partial charge in [0.05, 0.1) is 20.6 Å². The molecule has 1 heterocycles. The third kappa shape index (κ3) is 3.36. The van der Waals surface area contributed by atoms with Crippen LogP contribution in [-0.4, -0.2) is 11.1 Å². The molecule has 0 bridgehead atoms. The Hall–Kier alpha value is -2.27. The Morgan fingerprint density at radius 2 is 1.73 bits per heavy atom. The summed E-state index contributed by atoms with van der Waals surface area (Å²) in [6, 6.07) is 19.3. The highest BCUT2D eigenvalue weighted by molar-refractivity contribution is 8.18. The van der Waals surface area contributed by atoms with Crippen molar-refractivity contribution in [3.63, 3.8) is 0 Å². The second-order valence-corrected chi connectivity index (χ2v) is 7.44. The topological polar surface area (TPSA) is 41.5 Å². The molecule has 0 atom stereocenters. The van der Waals surface area contributed by atoms with Crippen LogP contribution in [0.5, 0.6) is 0 Å². The van der Waals surface area contributed by atoms with Gasteiger partial charge < -0.3 is 5.32 Å². The summed E-state index contributed by atoms with van der Waals surface area (Å²) in [6.07, 6.45) is 1.88. The molecule has 3 aromatic rings. The van der Waals surface area contributed by atoms with E-state index in [1.54, 1.807) is 18.2 Å². The molecular weight excluding hydrogens is 387 g/mol. The van der Waals surface area contributed by atoms with Crippen molar-refractivity contribution in [3.05, 3.63) is 81.2 Å². The SMILES string of the molecule is O=C1NC(=Nc2cccc(Cl)c2Cl)S/C1=C/c1cccc2ccccc12. The smallest absolute Gasteiger partial charge is 0.264 e. The van der Waals surface area contributed by atoms with Gasteiger partial charge in [0.15, 0.2) is 5.17 Å². The van der Waals surface area contributed by atoms with Gasteiger partial charge >= 0.3 is 0 Å². The first-order valence-corrected chi connectivity index (χ1v) is 9.40. The zero-order chi connectivity index (χ0) is 18.1. The van der Waals surface area contributed by atoms with Crippen LogP contribution in [0.25, 0.3) is 16.8 Å². The highest BCUT2D eigenvalue weighted by atomic mass is 35.5. The van der Waals surface area contributed by atoms with Gasteiger partial charge in [0.1, 0.15) is 0 Å². The number of carbonyl (C=O) groups excluding carboxylic acids is 1. The Labute approximate surface area is 164 Å². The molecule has 0 saturated carbocycles. The van der Waals surface area contributed by atoms with Crippen molar-refractivity contribution in [3.8, 4) is 0 Å². The summed E-state index contributed by atoms with van der Waals surface area (Å²) in [6.45, 7) is 0. The van der Waals surface area contributed by atoms with E-state index in [0.29, 0.717) is 25.8 Å². The molecule has 1 saturated heterocycles. The highest BCUT2D eigenvalue weighted by Crippen LogP contribution is 2.35. The zero-order valence-electron chi connectivity index (χ0n) is 13.4. The number of amides is 1. The molecule has 1 aliphatic heterocycles. The fourth-order valence-electron chi connectivity index (χ4n) is 2.69. The van der Waals surface area contributed by atoms with E-state index in [0.717, 1.165) is 16.3 Å². The van der Waals surface area contributed by atoms with E-state index >= 15 is 0 Å². The molecule has 4 rings (SSSR count). The molecule has 3 aromatic carbocycles. The van der Waals surface area contributed by atoms with Crippen molar-refractivity contribution in [1.82, 2.24) is 5.32 Å². The summed E-state index contributed by atoms with van der Waals surface area (Å²) in [4.78, 5) is 17.3. The predicted molar refractivity (Wildman–Crippen MR) is 111 cm³/mol. The Kier molecular flexibility index (Phi) is 4.72. The quantitative estimate of drug-likeness (QED) is 0.534. The molecule has 6 heteroatoms. The van der Waals surface area contributed by atoms with Crippen molar-refractivity contribution in [2.45, 2.75) is 0 Å². The maximum absolute atomic E-state index is 12.3. The number of halogens is 2. The fraction of sp³-hybridized carbons (Fsp3) is 0. The number of fused-ring (bicyclic) bond motifs is 1. The number of hydrogen-bond donors (Lipinski definition) is 1. The van der Waals surface area contributed by atoms with Crippen LogP contribution in [0.2, 0.25) is 10.0 Å². The van der Waals surface area contributed by atoms with Gasteiger partial charge in [0.2, 0.25) is 0 Å². The van der Waals surface area contributed by atoms with Crippen LogP contribution in [0.4, 0.5) is 5.69 Å². The van der Waals surface area contributed by atoms with Gasteiger partial charge in [-0.05, 0) is 46.3 Å². The molecule has 1 amide bonds. The van der Waals surface area contributed by atoms with Gasteiger partial charge in [-0.1, -0.05) is 71.7 Å². The summed E-state index contributed by atoms with van der Waals surface area (Å²) in [5.41, 5.74) is 1.51. The van der Waals surface area contributed by atoms with Gasteiger partial charge in [0, 0.05) is 0 Å². The minimum atomic E-state index is -0.181. The van der Waals surface area contributed by atoms with Crippen molar-refractivity contribution in [2.75, 3.05) is 0 Å². The van der Waals surface area contributed by atoms with Crippen molar-refractivity contribution in [1.29, 1.82) is 0 Å². The molecule has 0 radical (unpaired) electrons. The number of thioether (sulfide) groups is 1. The average Bonchev–Trinajstić information content (AvgIpc) is 2.98. The van der Waals surface area contributed by atoms with Crippen molar-refractivity contribution < 1.29 is 4.79 Å². The standard InChI is InChI=1S/C20H12Cl2N2OS/c21-15-9-4-10-16(18(15)22)23-20-24-19(25)17(26-20)11-13-7-3-6-12-5-1-2-8-14(12)13/h1-11H,(H,23,24,25)/b17-11+. The molecule has 0 spiro atoms. The lowest BCUT2D eigenvalue weighted by Gasteiger charge is -2.02. The Morgan fingerprint density at radius 3 is 2.62 bits per heavy atom. The van der Waals surface area contributed by atoms with Crippen LogP contribution in [0, 0.1) is 0 Å². The first-order valence-electron chi connectivity index (χ1n) is 7.83. The van der Waals surface area contributed by atoms with E-state index in [9.17, 15) is 4.79 Å². The van der Waals surface area contributed by atoms with Gasteiger partial charge in [-0.15, -0.1) is 0 Å². The summed E-state index contributed by atoms with van der Waals surface area (Å²) in [5.74, 6) is -0.181. The van der Waals surface area contributed by atoms with Crippen LogP contribution in [0.15, 0.2) is 70.6 Å². The Morgan fingerprint density at radius 1 is 0.962 bits per heavy atom. The third-order valence-corrected chi connectivity index (χ3v) is 5.63. The van der Waals surface area contributed by atoms with E-state index in [4.69, 9.17) is 23.2 Å². The van der Waals surface area contributed by atoms with Gasteiger partial charge in [-0.25, -0.2) is 4.99 Å². The number of aliphatic imine (C=N–C) groups is 1. The normalized spacial score (nSPS) is 17.2. The molecule has 0 unspecified atom stereocenters. The van der Waals surface area contributed by atoms with Crippen LogP contribution in [0.1, 0.15) is 5.56 Å². The third-order valence-electron chi connectivity index (χ3n) is 3.91. The number of benzene rings is 3. The number of rotatable bonds is 2. The van der Waals surface area contributed by atoms with E-state index < -0.39 is 0 Å². The van der Waals surface area contributed by atoms with Crippen molar-refractivity contribution >= 4 is 68.6 Å². The number of nitrogens with one attached hydrogen (secondary N) is 1. The minimum absolute atomic E-state index is 0.181. The van der Waals surface area contributed by atoms with E-state index in [1.807, 2.05) is 48.5 Å². The molecule has 26 heavy (non-hydrogen) atoms. The molecule has 1 N–H and O–H groups in total. The molecule has 3 nitrogen and oxygen atoms in total. The first kappa shape index (κ1) is 17.2. The van der Waals surface area contributed by atoms with E-state index in [1.165, 1.54) is 11.8 Å². The second kappa shape index (κ2) is 7.16. The van der Waals surface area contributed by atoms with Gasteiger partial charge in [-0.2, -0.15) is 0 Å². The average molecular weight is 399 g/mol. The largest absolute Gasteiger partial charge is 0.300 e. The van der Waals surface area contributed by atoms with Crippen LogP contribution in [-0.2, 0) is 4.79 Å². The lowest BCUT2D eigenvalue weighted by Crippen LogP contribution is -2.19. The molecule has 0 aliphatic carbocycles. The lowest BCUT2D eigenvalue weighted by atomic mass is 10.0.